The van der Waals surface area contributed by atoms with E-state index in [9.17, 15) is 19.0 Å². The summed E-state index contributed by atoms with van der Waals surface area (Å²) in [7, 11) is 1.46. The second-order valence-electron chi connectivity index (χ2n) is 24.0. The molecule has 0 saturated heterocycles. The molecule has 0 aromatic carbocycles. The van der Waals surface area contributed by atoms with E-state index in [0.29, 0.717) is 23.9 Å². The van der Waals surface area contributed by atoms with Crippen LogP contribution in [0.5, 0.6) is 0 Å². The Morgan fingerprint density at radius 3 is 1.14 bits per heavy atom. The molecule has 0 fully saturated rings. The lowest BCUT2D eigenvalue weighted by Gasteiger charge is -2.27. The first-order valence-corrected chi connectivity index (χ1v) is 35.7. The topological polar surface area (TPSA) is 111 Å². The van der Waals surface area contributed by atoms with Crippen molar-refractivity contribution in [1.29, 1.82) is 0 Å². The van der Waals surface area contributed by atoms with E-state index >= 15 is 0 Å². The van der Waals surface area contributed by atoms with Crippen LogP contribution < -0.4 is 5.32 Å². The van der Waals surface area contributed by atoms with E-state index < -0.39 is 20.0 Å². The van der Waals surface area contributed by atoms with Gasteiger partial charge >= 0.3 is 13.8 Å². The maximum atomic E-state index is 13.6. The van der Waals surface area contributed by atoms with Crippen LogP contribution in [0.25, 0.3) is 0 Å². The van der Waals surface area contributed by atoms with E-state index in [0.717, 1.165) is 89.9 Å². The van der Waals surface area contributed by atoms with Gasteiger partial charge in [0.2, 0.25) is 5.91 Å². The summed E-state index contributed by atoms with van der Waals surface area (Å²) in [5.74, 6) is -0.574. The van der Waals surface area contributed by atoms with E-state index in [1.165, 1.54) is 161 Å². The molecular formula is C73H130N2O7P+. The third-order valence-electron chi connectivity index (χ3n) is 14.7. The summed E-state index contributed by atoms with van der Waals surface area (Å²) in [6.07, 6.45) is 85.3. The summed E-state index contributed by atoms with van der Waals surface area (Å²) >= 11 is 0. The molecule has 0 aliphatic rings. The highest BCUT2D eigenvalue weighted by Gasteiger charge is 2.30. The van der Waals surface area contributed by atoms with Gasteiger partial charge in [-0.2, -0.15) is 0 Å². The lowest BCUT2D eigenvalue weighted by atomic mass is 10.0. The summed E-state index contributed by atoms with van der Waals surface area (Å²) in [5, 5.41) is 3.05. The highest BCUT2D eigenvalue weighted by Crippen LogP contribution is 2.43. The first-order chi connectivity index (χ1) is 40.4. The number of nitrogens with one attached hydrogen (secondary N) is 1. The molecule has 478 valence electrons. The molecule has 0 rings (SSSR count). The van der Waals surface area contributed by atoms with Crippen LogP contribution in [0.4, 0.5) is 0 Å². The number of esters is 1. The van der Waals surface area contributed by atoms with Gasteiger partial charge in [0.1, 0.15) is 19.3 Å². The molecule has 1 amide bonds. The molecule has 9 nitrogen and oxygen atoms in total. The van der Waals surface area contributed by atoms with Crippen LogP contribution in [0, 0.1) is 0 Å². The number of carbonyl (C=O) groups is 2. The summed E-state index contributed by atoms with van der Waals surface area (Å²) in [4.78, 5) is 37.8. The Hall–Kier alpha value is -3.33. The third kappa shape index (κ3) is 63.0. The molecular weight excluding hydrogens is 1050 g/mol. The molecule has 0 saturated carbocycles. The average Bonchev–Trinajstić information content (AvgIpc) is 3.47. The predicted molar refractivity (Wildman–Crippen MR) is 360 cm³/mol. The molecule has 2 N–H and O–H groups in total. The highest BCUT2D eigenvalue weighted by molar-refractivity contribution is 7.47. The number of phosphoric ester groups is 1. The molecule has 0 bridgehead atoms. The Bertz CT molecular complexity index is 1790. The number of carbonyl (C=O) groups excluding carboxylic acids is 2. The molecule has 3 atom stereocenters. The molecule has 0 radical (unpaired) electrons. The lowest BCUT2D eigenvalue weighted by Crippen LogP contribution is -2.47. The molecule has 3 unspecified atom stereocenters. The van der Waals surface area contributed by atoms with Crippen LogP contribution in [0.3, 0.4) is 0 Å². The van der Waals surface area contributed by atoms with Crippen LogP contribution >= 0.6 is 7.82 Å². The van der Waals surface area contributed by atoms with Gasteiger partial charge in [0.05, 0.1) is 33.8 Å². The fourth-order valence-corrected chi connectivity index (χ4v) is 10.1. The lowest BCUT2D eigenvalue weighted by molar-refractivity contribution is -0.870. The number of nitrogens with zero attached hydrogens (tertiary/aromatic N) is 1. The Kier molecular flexibility index (Phi) is 59.3. The number of unbranched alkanes of at least 4 members (excludes halogenated alkanes) is 29. The first-order valence-electron chi connectivity index (χ1n) is 34.2. The normalized spacial score (nSPS) is 14.3. The minimum absolute atomic E-state index is 0.0266. The van der Waals surface area contributed by atoms with E-state index in [4.69, 9.17) is 13.8 Å². The average molecular weight is 1180 g/mol. The summed E-state index contributed by atoms with van der Waals surface area (Å²) in [6, 6.07) is -0.879. The van der Waals surface area contributed by atoms with Gasteiger partial charge in [-0.25, -0.2) is 4.57 Å². The number of amides is 1. The molecule has 83 heavy (non-hydrogen) atoms. The monoisotopic (exact) mass is 1180 g/mol. The molecule has 0 spiro atoms. The van der Waals surface area contributed by atoms with Crippen LogP contribution in [0.2, 0.25) is 0 Å². The number of hydrogen-bond acceptors (Lipinski definition) is 6. The Labute approximate surface area is 512 Å². The van der Waals surface area contributed by atoms with Gasteiger partial charge in [-0.05, 0) is 115 Å². The van der Waals surface area contributed by atoms with Gasteiger partial charge in [0.15, 0.2) is 0 Å². The quantitative estimate of drug-likeness (QED) is 0.0205. The first kappa shape index (κ1) is 79.7. The zero-order chi connectivity index (χ0) is 60.7. The summed E-state index contributed by atoms with van der Waals surface area (Å²) < 4.78 is 30.7. The van der Waals surface area contributed by atoms with Crippen molar-refractivity contribution in [3.63, 3.8) is 0 Å². The van der Waals surface area contributed by atoms with Crippen molar-refractivity contribution in [2.75, 3.05) is 40.9 Å². The molecule has 0 aliphatic carbocycles. The number of ether oxygens (including phenoxy) is 1. The number of likely N-dealkylation sites (N-methyl/N-ethyl adjacent to an activating group) is 1. The van der Waals surface area contributed by atoms with Gasteiger partial charge in [-0.15, -0.1) is 0 Å². The number of phosphoric acid groups is 1. The Balaban J connectivity index is 5.18. The van der Waals surface area contributed by atoms with E-state index in [2.05, 4.69) is 123 Å². The second-order valence-corrected chi connectivity index (χ2v) is 25.4. The van der Waals surface area contributed by atoms with Gasteiger partial charge in [0, 0.05) is 12.8 Å². The Morgan fingerprint density at radius 2 is 0.747 bits per heavy atom. The van der Waals surface area contributed by atoms with Gasteiger partial charge in [-0.1, -0.05) is 272 Å². The Morgan fingerprint density at radius 1 is 0.422 bits per heavy atom. The van der Waals surface area contributed by atoms with Crippen LogP contribution in [0.1, 0.15) is 290 Å². The van der Waals surface area contributed by atoms with Crippen LogP contribution in [-0.4, -0.2) is 74.3 Å². The van der Waals surface area contributed by atoms with Crippen LogP contribution in [-0.2, 0) is 27.9 Å². The number of quaternary nitrogens is 1. The number of rotatable bonds is 61. The largest absolute Gasteiger partial charge is 0.472 e. The molecule has 0 heterocycles. The maximum absolute atomic E-state index is 13.6. The SMILES string of the molecule is CCCCC/C=C\C/C=C\C/C=C\C/C=C\CCCCCCCCCCCCCC(=O)NC(COP(=O)(O)OCC[N+](C)(C)C)C(/C=C\CCCCCCCCCCCCC)OC(=O)CCC/C=C\C/C=C\C/C=C\C/C=C\CCCCC. The van der Waals surface area contributed by atoms with Crippen molar-refractivity contribution in [2.24, 2.45) is 0 Å². The molecule has 0 aliphatic heterocycles. The highest BCUT2D eigenvalue weighted by atomic mass is 31.2. The maximum Gasteiger partial charge on any atom is 0.472 e. The third-order valence-corrected chi connectivity index (χ3v) is 15.7. The van der Waals surface area contributed by atoms with Crippen molar-refractivity contribution in [2.45, 2.75) is 303 Å². The van der Waals surface area contributed by atoms with Crippen molar-refractivity contribution in [1.82, 2.24) is 5.32 Å². The van der Waals surface area contributed by atoms with Crippen molar-refractivity contribution >= 4 is 19.7 Å². The van der Waals surface area contributed by atoms with E-state index in [-0.39, 0.29) is 31.5 Å². The minimum atomic E-state index is -4.47. The zero-order valence-corrected chi connectivity index (χ0v) is 55.6. The molecule has 10 heteroatoms. The van der Waals surface area contributed by atoms with Crippen molar-refractivity contribution in [3.8, 4) is 0 Å². The number of allylic oxidation sites excluding steroid dienone is 17. The van der Waals surface area contributed by atoms with Crippen molar-refractivity contribution in [3.05, 3.63) is 109 Å². The number of hydrogen-bond donors (Lipinski definition) is 2. The second kappa shape index (κ2) is 61.7. The van der Waals surface area contributed by atoms with Gasteiger partial charge < -0.3 is 19.4 Å². The van der Waals surface area contributed by atoms with Gasteiger partial charge in [0.25, 0.3) is 0 Å². The van der Waals surface area contributed by atoms with E-state index in [1.807, 2.05) is 33.3 Å². The summed E-state index contributed by atoms with van der Waals surface area (Å²) in [5.41, 5.74) is 0. The van der Waals surface area contributed by atoms with Crippen LogP contribution in [0.15, 0.2) is 109 Å². The fraction of sp³-hybridized carbons (Fsp3) is 0.726. The molecule has 0 aromatic heterocycles. The van der Waals surface area contributed by atoms with E-state index in [1.54, 1.807) is 0 Å². The standard InChI is InChI=1S/C73H129N2O7P/c1-7-10-13-16-19-22-25-28-30-32-33-34-35-36-37-38-39-40-41-43-44-47-50-53-56-59-62-65-72(76)74-70(69-81-83(78,79)80-68-67-75(4,5)6)71(64-61-58-55-52-49-46-27-24-21-18-15-12-9-3)82-73(77)66-63-60-57-54-51-48-45-42-31-29-26-23-20-17-14-11-8-2/h19-20,22-23,28-31,33-34,36-37,45,48,54,57,61,64,70-71H,7-18,21,24-27,32,35,38-44,46-47,49-53,55-56,58-60,62-63,65-69H2,1-6H3,(H-,74,76,78,79)/p+1/b22-19-,23-20-,30-28-,31-29-,34-33-,37-36-,48-45-,57-54-,64-61-. The predicted octanol–water partition coefficient (Wildman–Crippen LogP) is 21.7. The fourth-order valence-electron chi connectivity index (χ4n) is 9.39. The molecule has 0 aromatic rings. The van der Waals surface area contributed by atoms with Crippen molar-refractivity contribution < 1.29 is 37.3 Å². The minimum Gasteiger partial charge on any atom is -0.456 e. The summed E-state index contributed by atoms with van der Waals surface area (Å²) in [6.45, 7) is 6.93. The van der Waals surface area contributed by atoms with Gasteiger partial charge in [-0.3, -0.25) is 18.6 Å². The smallest absolute Gasteiger partial charge is 0.456 e. The zero-order valence-electron chi connectivity index (χ0n) is 54.7.